The maximum absolute atomic E-state index is 6.01. The second-order valence-corrected chi connectivity index (χ2v) is 6.15. The van der Waals surface area contributed by atoms with Crippen LogP contribution in [0.25, 0.3) is 0 Å². The van der Waals surface area contributed by atoms with E-state index in [1.54, 1.807) is 0 Å². The highest BCUT2D eigenvalue weighted by atomic mass is 35.5. The van der Waals surface area contributed by atoms with Gasteiger partial charge in [0.15, 0.2) is 0 Å². The monoisotopic (exact) mass is 294 g/mol. The molecule has 1 N–H and O–H groups in total. The Bertz CT molecular complexity index is 384. The molecule has 0 aliphatic carbocycles. The Kier molecular flexibility index (Phi) is 6.34. The molecule has 0 spiro atoms. The number of likely N-dealkylation sites (N-methyl/N-ethyl adjacent to an activating group) is 1. The van der Waals surface area contributed by atoms with Crippen LogP contribution >= 0.6 is 11.6 Å². The highest BCUT2D eigenvalue weighted by molar-refractivity contribution is 6.30. The fourth-order valence-electron chi connectivity index (χ4n) is 3.23. The number of hydrogen-bond acceptors (Lipinski definition) is 2. The molecule has 2 atom stereocenters. The second-order valence-electron chi connectivity index (χ2n) is 5.71. The molecule has 3 heteroatoms. The van der Waals surface area contributed by atoms with Crippen LogP contribution in [0.1, 0.15) is 51.1 Å². The summed E-state index contributed by atoms with van der Waals surface area (Å²) < 4.78 is 0. The van der Waals surface area contributed by atoms with Crippen molar-refractivity contribution in [2.75, 3.05) is 19.6 Å². The Hall–Kier alpha value is -0.570. The predicted molar refractivity (Wildman–Crippen MR) is 87.4 cm³/mol. The Morgan fingerprint density at radius 1 is 1.25 bits per heavy atom. The molecule has 1 aliphatic rings. The molecule has 1 aromatic carbocycles. The van der Waals surface area contributed by atoms with Crippen molar-refractivity contribution in [3.8, 4) is 0 Å². The van der Waals surface area contributed by atoms with Crippen LogP contribution in [-0.2, 0) is 0 Å². The lowest BCUT2D eigenvalue weighted by atomic mass is 9.99. The molecule has 0 saturated carbocycles. The summed E-state index contributed by atoms with van der Waals surface area (Å²) in [4.78, 5) is 2.60. The molecule has 112 valence electrons. The van der Waals surface area contributed by atoms with Gasteiger partial charge in [0.2, 0.25) is 0 Å². The molecule has 2 rings (SSSR count). The first-order chi connectivity index (χ1) is 9.74. The van der Waals surface area contributed by atoms with Gasteiger partial charge in [-0.25, -0.2) is 0 Å². The third-order valence-electron chi connectivity index (χ3n) is 4.36. The van der Waals surface area contributed by atoms with Crippen LogP contribution in [-0.4, -0.2) is 30.6 Å². The normalized spacial score (nSPS) is 21.1. The third kappa shape index (κ3) is 4.21. The van der Waals surface area contributed by atoms with Gasteiger partial charge in [-0.05, 0) is 50.0 Å². The van der Waals surface area contributed by atoms with E-state index in [9.17, 15) is 0 Å². The number of benzene rings is 1. The van der Waals surface area contributed by atoms with Crippen molar-refractivity contribution in [1.29, 1.82) is 0 Å². The van der Waals surface area contributed by atoms with Crippen molar-refractivity contribution in [3.63, 3.8) is 0 Å². The average molecular weight is 295 g/mol. The van der Waals surface area contributed by atoms with Crippen molar-refractivity contribution in [2.45, 2.75) is 51.6 Å². The van der Waals surface area contributed by atoms with Gasteiger partial charge in [0.05, 0.1) is 0 Å². The van der Waals surface area contributed by atoms with Crippen LogP contribution in [0.3, 0.4) is 0 Å². The van der Waals surface area contributed by atoms with Gasteiger partial charge in [0.1, 0.15) is 0 Å². The van der Waals surface area contributed by atoms with Gasteiger partial charge in [-0.2, -0.15) is 0 Å². The van der Waals surface area contributed by atoms with Crippen molar-refractivity contribution in [1.82, 2.24) is 10.2 Å². The molecule has 20 heavy (non-hydrogen) atoms. The van der Waals surface area contributed by atoms with E-state index in [1.165, 1.54) is 31.4 Å². The van der Waals surface area contributed by atoms with E-state index < -0.39 is 0 Å². The van der Waals surface area contributed by atoms with Crippen LogP contribution in [0.2, 0.25) is 5.02 Å². The van der Waals surface area contributed by atoms with E-state index in [1.807, 2.05) is 12.1 Å². The fourth-order valence-corrected chi connectivity index (χ4v) is 3.36. The molecule has 1 fully saturated rings. The number of rotatable bonds is 6. The zero-order chi connectivity index (χ0) is 14.4. The zero-order valence-corrected chi connectivity index (χ0v) is 13.5. The Morgan fingerprint density at radius 2 is 2.00 bits per heavy atom. The quantitative estimate of drug-likeness (QED) is 0.843. The minimum Gasteiger partial charge on any atom is -0.313 e. The van der Waals surface area contributed by atoms with Crippen molar-refractivity contribution in [2.24, 2.45) is 0 Å². The number of piperidine rings is 1. The smallest absolute Gasteiger partial charge is 0.0406 e. The molecule has 2 unspecified atom stereocenters. The van der Waals surface area contributed by atoms with Gasteiger partial charge >= 0.3 is 0 Å². The van der Waals surface area contributed by atoms with E-state index in [0.29, 0.717) is 12.1 Å². The lowest BCUT2D eigenvalue weighted by molar-refractivity contribution is 0.170. The Balaban J connectivity index is 2.04. The van der Waals surface area contributed by atoms with Gasteiger partial charge in [-0.1, -0.05) is 44.0 Å². The molecule has 1 aliphatic heterocycles. The SMILES string of the molecule is CCC(c1ccc(Cl)cc1)N(CC)CC1CCCCN1. The van der Waals surface area contributed by atoms with E-state index in [4.69, 9.17) is 11.6 Å². The number of hydrogen-bond donors (Lipinski definition) is 1. The van der Waals surface area contributed by atoms with Crippen LogP contribution in [0.15, 0.2) is 24.3 Å². The summed E-state index contributed by atoms with van der Waals surface area (Å²) in [5.41, 5.74) is 1.38. The number of nitrogens with zero attached hydrogens (tertiary/aromatic N) is 1. The lowest BCUT2D eigenvalue weighted by Crippen LogP contribution is -2.44. The highest BCUT2D eigenvalue weighted by Gasteiger charge is 2.22. The average Bonchev–Trinajstić information content (AvgIpc) is 2.49. The summed E-state index contributed by atoms with van der Waals surface area (Å²) in [6, 6.07) is 9.52. The molecule has 0 radical (unpaired) electrons. The molecule has 0 bridgehead atoms. The fraction of sp³-hybridized carbons (Fsp3) is 0.647. The van der Waals surface area contributed by atoms with E-state index in [2.05, 4.69) is 36.2 Å². The first kappa shape index (κ1) is 15.8. The molecule has 2 nitrogen and oxygen atoms in total. The number of halogens is 1. The summed E-state index contributed by atoms with van der Waals surface area (Å²) in [6.07, 6.45) is 5.15. The van der Waals surface area contributed by atoms with E-state index in [-0.39, 0.29) is 0 Å². The van der Waals surface area contributed by atoms with Crippen molar-refractivity contribution in [3.05, 3.63) is 34.9 Å². The largest absolute Gasteiger partial charge is 0.313 e. The molecule has 1 heterocycles. The topological polar surface area (TPSA) is 15.3 Å². The Morgan fingerprint density at radius 3 is 2.55 bits per heavy atom. The van der Waals surface area contributed by atoms with Crippen LogP contribution in [0.4, 0.5) is 0 Å². The van der Waals surface area contributed by atoms with E-state index >= 15 is 0 Å². The maximum Gasteiger partial charge on any atom is 0.0406 e. The van der Waals surface area contributed by atoms with Gasteiger partial charge in [-0.15, -0.1) is 0 Å². The zero-order valence-electron chi connectivity index (χ0n) is 12.7. The van der Waals surface area contributed by atoms with Crippen LogP contribution in [0, 0.1) is 0 Å². The summed E-state index contributed by atoms with van der Waals surface area (Å²) in [5, 5.41) is 4.48. The molecule has 0 amide bonds. The second kappa shape index (κ2) is 8.02. The third-order valence-corrected chi connectivity index (χ3v) is 4.61. The molecular formula is C17H27ClN2. The van der Waals surface area contributed by atoms with E-state index in [0.717, 1.165) is 24.5 Å². The Labute approximate surface area is 128 Å². The van der Waals surface area contributed by atoms with Crippen LogP contribution < -0.4 is 5.32 Å². The minimum absolute atomic E-state index is 0.501. The number of nitrogens with one attached hydrogen (secondary N) is 1. The summed E-state index contributed by atoms with van der Waals surface area (Å²) in [7, 11) is 0. The molecule has 0 aromatic heterocycles. The lowest BCUT2D eigenvalue weighted by Gasteiger charge is -2.35. The maximum atomic E-state index is 6.01. The van der Waals surface area contributed by atoms with Gasteiger partial charge in [0, 0.05) is 23.7 Å². The van der Waals surface area contributed by atoms with Crippen molar-refractivity contribution < 1.29 is 0 Å². The predicted octanol–water partition coefficient (Wildman–Crippen LogP) is 4.26. The molecule has 1 saturated heterocycles. The summed E-state index contributed by atoms with van der Waals surface area (Å²) in [6.45, 7) is 7.97. The van der Waals surface area contributed by atoms with Crippen LogP contribution in [0.5, 0.6) is 0 Å². The van der Waals surface area contributed by atoms with Crippen molar-refractivity contribution >= 4 is 11.6 Å². The first-order valence-corrected chi connectivity index (χ1v) is 8.35. The van der Waals surface area contributed by atoms with Gasteiger partial charge in [-0.3, -0.25) is 4.90 Å². The van der Waals surface area contributed by atoms with Gasteiger partial charge < -0.3 is 5.32 Å². The molecular weight excluding hydrogens is 268 g/mol. The standard InChI is InChI=1S/C17H27ClN2/c1-3-17(14-8-10-15(18)11-9-14)20(4-2)13-16-7-5-6-12-19-16/h8-11,16-17,19H,3-7,12-13H2,1-2H3. The summed E-state index contributed by atoms with van der Waals surface area (Å²) >= 11 is 6.01. The van der Waals surface area contributed by atoms with Gasteiger partial charge in [0.25, 0.3) is 0 Å². The summed E-state index contributed by atoms with van der Waals surface area (Å²) in [5.74, 6) is 0. The molecule has 1 aromatic rings. The highest BCUT2D eigenvalue weighted by Crippen LogP contribution is 2.26. The first-order valence-electron chi connectivity index (χ1n) is 7.97. The minimum atomic E-state index is 0.501.